The lowest BCUT2D eigenvalue weighted by Gasteiger charge is -2.37. The Labute approximate surface area is 178 Å². The number of anilines is 3. The zero-order valence-corrected chi connectivity index (χ0v) is 17.8. The molecule has 1 saturated heterocycles. The van der Waals surface area contributed by atoms with Gasteiger partial charge in [-0.05, 0) is 26.7 Å². The molecule has 0 amide bonds. The van der Waals surface area contributed by atoms with E-state index >= 15 is 0 Å². The normalized spacial score (nSPS) is 21.4. The first-order chi connectivity index (χ1) is 12.5. The fraction of sp³-hybridized carbons (Fsp3) is 0.556. The number of nitrogens with two attached hydrogens (primary N) is 2. The SMILES string of the molecule is Cc1cnc(C)c(N2CCN(c3cc(C4CC(N)C4)nc(N)n3)CC2)n1.Cl.Cl. The van der Waals surface area contributed by atoms with E-state index in [2.05, 4.69) is 35.8 Å². The standard InChI is InChI=1S/C18H26N8.2ClH/c1-11-10-21-12(2)17(22-11)26-5-3-25(4-6-26)16-9-15(23-18(20)24-16)13-7-14(19)8-13;;/h9-10,13-14H,3-8,19H2,1-2H3,(H2,20,23,24);2*1H. The molecule has 4 N–H and O–H groups in total. The second-order valence-electron chi connectivity index (χ2n) is 7.33. The van der Waals surface area contributed by atoms with Crippen LogP contribution < -0.4 is 21.3 Å². The molecule has 3 heterocycles. The molecular weight excluding hydrogens is 399 g/mol. The zero-order valence-electron chi connectivity index (χ0n) is 16.2. The molecule has 0 aromatic carbocycles. The summed E-state index contributed by atoms with van der Waals surface area (Å²) < 4.78 is 0. The van der Waals surface area contributed by atoms with E-state index in [0.717, 1.165) is 67.7 Å². The third kappa shape index (κ3) is 4.56. The summed E-state index contributed by atoms with van der Waals surface area (Å²) in [5.41, 5.74) is 14.8. The Morgan fingerprint density at radius 3 is 2.25 bits per heavy atom. The molecule has 0 spiro atoms. The number of hydrogen-bond acceptors (Lipinski definition) is 8. The van der Waals surface area contributed by atoms with Gasteiger partial charge in [-0.1, -0.05) is 0 Å². The average molecular weight is 427 g/mol. The van der Waals surface area contributed by atoms with E-state index in [-0.39, 0.29) is 24.8 Å². The average Bonchev–Trinajstić information content (AvgIpc) is 2.61. The van der Waals surface area contributed by atoms with Crippen LogP contribution in [0.3, 0.4) is 0 Å². The van der Waals surface area contributed by atoms with Gasteiger partial charge in [0.25, 0.3) is 0 Å². The molecule has 1 aliphatic carbocycles. The van der Waals surface area contributed by atoms with Crippen LogP contribution >= 0.6 is 24.8 Å². The highest BCUT2D eigenvalue weighted by molar-refractivity contribution is 5.85. The molecule has 10 heteroatoms. The molecule has 28 heavy (non-hydrogen) atoms. The first-order valence-corrected chi connectivity index (χ1v) is 9.20. The monoisotopic (exact) mass is 426 g/mol. The smallest absolute Gasteiger partial charge is 0.222 e. The van der Waals surface area contributed by atoms with Gasteiger partial charge in [0.05, 0.1) is 17.1 Å². The van der Waals surface area contributed by atoms with Gasteiger partial charge in [-0.3, -0.25) is 4.98 Å². The molecule has 0 unspecified atom stereocenters. The van der Waals surface area contributed by atoms with Crippen molar-refractivity contribution < 1.29 is 0 Å². The third-order valence-corrected chi connectivity index (χ3v) is 5.30. The molecule has 0 radical (unpaired) electrons. The van der Waals surface area contributed by atoms with Crippen molar-refractivity contribution in [2.24, 2.45) is 5.73 Å². The number of nitrogens with zero attached hydrogens (tertiary/aromatic N) is 6. The molecule has 0 atom stereocenters. The molecule has 1 saturated carbocycles. The van der Waals surface area contributed by atoms with Gasteiger partial charge in [0.2, 0.25) is 5.95 Å². The van der Waals surface area contributed by atoms with Crippen molar-refractivity contribution in [2.45, 2.75) is 38.6 Å². The molecule has 0 bridgehead atoms. The summed E-state index contributed by atoms with van der Waals surface area (Å²) in [6.07, 6.45) is 3.77. The maximum Gasteiger partial charge on any atom is 0.222 e. The zero-order chi connectivity index (χ0) is 18.3. The van der Waals surface area contributed by atoms with Crippen molar-refractivity contribution in [3.63, 3.8) is 0 Å². The van der Waals surface area contributed by atoms with Gasteiger partial charge < -0.3 is 21.3 Å². The van der Waals surface area contributed by atoms with E-state index in [1.807, 2.05) is 20.0 Å². The Morgan fingerprint density at radius 2 is 1.61 bits per heavy atom. The molecule has 2 aromatic heterocycles. The maximum absolute atomic E-state index is 5.96. The first kappa shape index (κ1) is 22.4. The molecule has 4 rings (SSSR count). The topological polar surface area (TPSA) is 110 Å². The van der Waals surface area contributed by atoms with Gasteiger partial charge in [-0.2, -0.15) is 4.98 Å². The van der Waals surface area contributed by atoms with E-state index < -0.39 is 0 Å². The van der Waals surface area contributed by atoms with Gasteiger partial charge in [0.1, 0.15) is 11.6 Å². The number of nitrogen functional groups attached to an aromatic ring is 1. The number of halogens is 2. The van der Waals surface area contributed by atoms with E-state index in [9.17, 15) is 0 Å². The quantitative estimate of drug-likeness (QED) is 0.764. The van der Waals surface area contributed by atoms with Gasteiger partial charge in [0, 0.05) is 50.4 Å². The molecule has 8 nitrogen and oxygen atoms in total. The summed E-state index contributed by atoms with van der Waals surface area (Å²) >= 11 is 0. The fourth-order valence-electron chi connectivity index (χ4n) is 3.72. The Morgan fingerprint density at radius 1 is 0.964 bits per heavy atom. The van der Waals surface area contributed by atoms with Crippen LogP contribution in [0.1, 0.15) is 35.8 Å². The van der Waals surface area contributed by atoms with E-state index in [1.54, 1.807) is 0 Å². The number of aryl methyl sites for hydroxylation is 2. The third-order valence-electron chi connectivity index (χ3n) is 5.30. The Bertz CT molecular complexity index is 804. The van der Waals surface area contributed by atoms with Gasteiger partial charge in [0.15, 0.2) is 0 Å². The number of piperazine rings is 1. The lowest BCUT2D eigenvalue weighted by molar-refractivity contribution is 0.345. The minimum atomic E-state index is 0. The Kier molecular flexibility index (Phi) is 7.25. The van der Waals surface area contributed by atoms with Crippen LogP contribution in [0.15, 0.2) is 12.3 Å². The lowest BCUT2D eigenvalue weighted by Crippen LogP contribution is -2.47. The molecule has 1 aliphatic heterocycles. The summed E-state index contributed by atoms with van der Waals surface area (Å²) in [7, 11) is 0. The van der Waals surface area contributed by atoms with Crippen molar-refractivity contribution in [1.29, 1.82) is 0 Å². The van der Waals surface area contributed by atoms with E-state index in [1.165, 1.54) is 0 Å². The summed E-state index contributed by atoms with van der Waals surface area (Å²) in [5.74, 6) is 2.66. The van der Waals surface area contributed by atoms with Crippen molar-refractivity contribution in [3.05, 3.63) is 29.3 Å². The highest BCUT2D eigenvalue weighted by atomic mass is 35.5. The van der Waals surface area contributed by atoms with Crippen LogP contribution in [0.4, 0.5) is 17.6 Å². The second kappa shape index (κ2) is 9.07. The highest BCUT2D eigenvalue weighted by Gasteiger charge is 2.30. The summed E-state index contributed by atoms with van der Waals surface area (Å²) in [6, 6.07) is 2.38. The highest BCUT2D eigenvalue weighted by Crippen LogP contribution is 2.36. The summed E-state index contributed by atoms with van der Waals surface area (Å²) in [5, 5.41) is 0. The van der Waals surface area contributed by atoms with Crippen LogP contribution in [-0.2, 0) is 0 Å². The minimum absolute atomic E-state index is 0. The minimum Gasteiger partial charge on any atom is -0.368 e. The predicted octanol–water partition coefficient (Wildman–Crippen LogP) is 1.84. The summed E-state index contributed by atoms with van der Waals surface area (Å²) in [6.45, 7) is 7.49. The van der Waals surface area contributed by atoms with Crippen LogP contribution in [0.25, 0.3) is 0 Å². The molecule has 2 fully saturated rings. The van der Waals surface area contributed by atoms with Crippen LogP contribution in [0.5, 0.6) is 0 Å². The van der Waals surface area contributed by atoms with E-state index in [4.69, 9.17) is 11.5 Å². The molecule has 154 valence electrons. The number of aromatic nitrogens is 4. The maximum atomic E-state index is 5.96. The Balaban J connectivity index is 0.00000140. The summed E-state index contributed by atoms with van der Waals surface area (Å²) in [4.78, 5) is 22.5. The Hall–Kier alpha value is -1.90. The predicted molar refractivity (Wildman–Crippen MR) is 117 cm³/mol. The largest absolute Gasteiger partial charge is 0.368 e. The van der Waals surface area contributed by atoms with Crippen LogP contribution in [0, 0.1) is 13.8 Å². The number of hydrogen-bond donors (Lipinski definition) is 2. The van der Waals surface area contributed by atoms with E-state index in [0.29, 0.717) is 17.9 Å². The molecular formula is C18H28Cl2N8. The first-order valence-electron chi connectivity index (χ1n) is 9.20. The van der Waals surface area contributed by atoms with Crippen molar-refractivity contribution in [1.82, 2.24) is 19.9 Å². The van der Waals surface area contributed by atoms with Crippen LogP contribution in [0.2, 0.25) is 0 Å². The lowest BCUT2D eigenvalue weighted by atomic mass is 9.78. The van der Waals surface area contributed by atoms with Crippen molar-refractivity contribution >= 4 is 42.4 Å². The van der Waals surface area contributed by atoms with Crippen LogP contribution in [-0.4, -0.2) is 52.2 Å². The van der Waals surface area contributed by atoms with Crippen molar-refractivity contribution in [2.75, 3.05) is 41.7 Å². The number of rotatable bonds is 3. The van der Waals surface area contributed by atoms with Gasteiger partial charge >= 0.3 is 0 Å². The molecule has 2 aromatic rings. The van der Waals surface area contributed by atoms with Gasteiger partial charge in [-0.25, -0.2) is 9.97 Å². The fourth-order valence-corrected chi connectivity index (χ4v) is 3.72. The molecule has 2 aliphatic rings. The second-order valence-corrected chi connectivity index (χ2v) is 7.33. The van der Waals surface area contributed by atoms with Crippen molar-refractivity contribution in [3.8, 4) is 0 Å². The van der Waals surface area contributed by atoms with Gasteiger partial charge in [-0.15, -0.1) is 24.8 Å².